The van der Waals surface area contributed by atoms with Gasteiger partial charge in [0.05, 0.1) is 11.6 Å². The fourth-order valence-electron chi connectivity index (χ4n) is 2.76. The number of likely N-dealkylation sites (N-methyl/N-ethyl adjacent to an activating group) is 1. The van der Waals surface area contributed by atoms with Crippen molar-refractivity contribution in [1.82, 2.24) is 4.90 Å². The van der Waals surface area contributed by atoms with Gasteiger partial charge in [-0.1, -0.05) is 0 Å². The molecule has 4 heteroatoms. The summed E-state index contributed by atoms with van der Waals surface area (Å²) in [6.45, 7) is 2.74. The second-order valence-corrected chi connectivity index (χ2v) is 5.47. The van der Waals surface area contributed by atoms with Crippen LogP contribution in [0.1, 0.15) is 18.4 Å². The Morgan fingerprint density at radius 1 is 1.26 bits per heavy atom. The van der Waals surface area contributed by atoms with Gasteiger partial charge in [-0.25, -0.2) is 0 Å². The maximum absolute atomic E-state index is 8.82. The summed E-state index contributed by atoms with van der Waals surface area (Å²) in [7, 11) is 4.23. The van der Waals surface area contributed by atoms with Gasteiger partial charge in [-0.2, -0.15) is 5.26 Å². The first-order valence-corrected chi connectivity index (χ1v) is 6.74. The molecule has 2 rings (SSSR count). The second kappa shape index (κ2) is 5.60. The lowest BCUT2D eigenvalue weighted by atomic mass is 9.86. The van der Waals surface area contributed by atoms with E-state index in [9.17, 15) is 0 Å². The van der Waals surface area contributed by atoms with E-state index >= 15 is 0 Å². The normalized spacial score (nSPS) is 18.4. The fraction of sp³-hybridized carbons (Fsp3) is 0.533. The Morgan fingerprint density at radius 3 is 2.26 bits per heavy atom. The lowest BCUT2D eigenvalue weighted by molar-refractivity contribution is 0.125. The van der Waals surface area contributed by atoms with Gasteiger partial charge in [0.1, 0.15) is 0 Å². The summed E-state index contributed by atoms with van der Waals surface area (Å²) in [5, 5.41) is 8.82. The van der Waals surface area contributed by atoms with E-state index < -0.39 is 0 Å². The SMILES string of the molecule is CN(C)C1(CN)CCN(c2ccc(C#N)cc2)CC1. The summed E-state index contributed by atoms with van der Waals surface area (Å²) in [6.07, 6.45) is 2.16. The van der Waals surface area contributed by atoms with Crippen LogP contribution in [0.4, 0.5) is 5.69 Å². The second-order valence-electron chi connectivity index (χ2n) is 5.47. The van der Waals surface area contributed by atoms with Crippen LogP contribution in [0.5, 0.6) is 0 Å². The summed E-state index contributed by atoms with van der Waals surface area (Å²) in [5.41, 5.74) is 8.02. The Hall–Kier alpha value is -1.57. The molecule has 1 aliphatic rings. The number of rotatable bonds is 3. The van der Waals surface area contributed by atoms with Gasteiger partial charge in [0.2, 0.25) is 0 Å². The molecule has 0 aromatic heterocycles. The van der Waals surface area contributed by atoms with Crippen molar-refractivity contribution in [3.8, 4) is 6.07 Å². The Labute approximate surface area is 115 Å². The number of benzene rings is 1. The molecular formula is C15H22N4. The average Bonchev–Trinajstić information content (AvgIpc) is 2.47. The quantitative estimate of drug-likeness (QED) is 0.891. The first-order chi connectivity index (χ1) is 9.11. The molecule has 1 heterocycles. The van der Waals surface area contributed by atoms with Crippen LogP contribution >= 0.6 is 0 Å². The number of nitrogens with two attached hydrogens (primary N) is 1. The number of anilines is 1. The van der Waals surface area contributed by atoms with Crippen LogP contribution in [0.25, 0.3) is 0 Å². The summed E-state index contributed by atoms with van der Waals surface area (Å²) in [5.74, 6) is 0. The molecule has 1 aromatic carbocycles. The molecule has 1 aromatic rings. The third-order valence-electron chi connectivity index (χ3n) is 4.38. The van der Waals surface area contributed by atoms with E-state index in [1.54, 1.807) is 0 Å². The van der Waals surface area contributed by atoms with E-state index in [1.165, 1.54) is 5.69 Å². The van der Waals surface area contributed by atoms with Gasteiger partial charge in [0.15, 0.2) is 0 Å². The van der Waals surface area contributed by atoms with Crippen LogP contribution in [0.3, 0.4) is 0 Å². The molecule has 0 saturated carbocycles. The van der Waals surface area contributed by atoms with E-state index in [0.29, 0.717) is 12.1 Å². The molecular weight excluding hydrogens is 236 g/mol. The van der Waals surface area contributed by atoms with Crippen LogP contribution in [0.15, 0.2) is 24.3 Å². The third kappa shape index (κ3) is 2.73. The summed E-state index contributed by atoms with van der Waals surface area (Å²) in [4.78, 5) is 4.64. The maximum Gasteiger partial charge on any atom is 0.0991 e. The van der Waals surface area contributed by atoms with Crippen molar-refractivity contribution in [1.29, 1.82) is 5.26 Å². The Bertz CT molecular complexity index is 450. The number of nitrogens with zero attached hydrogens (tertiary/aromatic N) is 3. The van der Waals surface area contributed by atoms with Gasteiger partial charge in [0.25, 0.3) is 0 Å². The highest BCUT2D eigenvalue weighted by Gasteiger charge is 2.35. The lowest BCUT2D eigenvalue weighted by Crippen LogP contribution is -2.57. The summed E-state index contributed by atoms with van der Waals surface area (Å²) >= 11 is 0. The molecule has 0 bridgehead atoms. The number of nitriles is 1. The molecule has 0 aliphatic carbocycles. The van der Waals surface area contributed by atoms with Crippen molar-refractivity contribution < 1.29 is 0 Å². The van der Waals surface area contributed by atoms with E-state index in [1.807, 2.05) is 24.3 Å². The Kier molecular flexibility index (Phi) is 4.08. The van der Waals surface area contributed by atoms with Gasteiger partial charge in [0, 0.05) is 30.9 Å². The van der Waals surface area contributed by atoms with Gasteiger partial charge < -0.3 is 15.5 Å². The first kappa shape index (κ1) is 13.9. The zero-order chi connectivity index (χ0) is 13.9. The summed E-state index contributed by atoms with van der Waals surface area (Å²) in [6, 6.07) is 9.98. The van der Waals surface area contributed by atoms with Crippen molar-refractivity contribution in [2.45, 2.75) is 18.4 Å². The minimum atomic E-state index is 0.142. The molecule has 0 radical (unpaired) electrons. The number of hydrogen-bond donors (Lipinski definition) is 1. The molecule has 0 atom stereocenters. The van der Waals surface area contributed by atoms with Gasteiger partial charge in [-0.15, -0.1) is 0 Å². The predicted molar refractivity (Wildman–Crippen MR) is 78.1 cm³/mol. The molecule has 1 saturated heterocycles. The molecule has 1 aliphatic heterocycles. The predicted octanol–water partition coefficient (Wildman–Crippen LogP) is 1.42. The molecule has 0 amide bonds. The molecule has 1 fully saturated rings. The van der Waals surface area contributed by atoms with Crippen LogP contribution in [0, 0.1) is 11.3 Å². The van der Waals surface area contributed by atoms with Crippen LogP contribution in [0.2, 0.25) is 0 Å². The van der Waals surface area contributed by atoms with Gasteiger partial charge in [-0.05, 0) is 51.2 Å². The van der Waals surface area contributed by atoms with Crippen molar-refractivity contribution in [3.63, 3.8) is 0 Å². The highest BCUT2D eigenvalue weighted by Crippen LogP contribution is 2.29. The maximum atomic E-state index is 8.82. The van der Waals surface area contributed by atoms with Crippen LogP contribution in [-0.4, -0.2) is 44.2 Å². The smallest absolute Gasteiger partial charge is 0.0991 e. The fourth-order valence-corrected chi connectivity index (χ4v) is 2.76. The lowest BCUT2D eigenvalue weighted by Gasteiger charge is -2.46. The van der Waals surface area contributed by atoms with Crippen molar-refractivity contribution >= 4 is 5.69 Å². The molecule has 2 N–H and O–H groups in total. The molecule has 19 heavy (non-hydrogen) atoms. The van der Waals surface area contributed by atoms with Crippen molar-refractivity contribution in [3.05, 3.63) is 29.8 Å². The van der Waals surface area contributed by atoms with E-state index in [2.05, 4.69) is 30.0 Å². The third-order valence-corrected chi connectivity index (χ3v) is 4.38. The largest absolute Gasteiger partial charge is 0.371 e. The highest BCUT2D eigenvalue weighted by atomic mass is 15.2. The van der Waals surface area contributed by atoms with E-state index in [4.69, 9.17) is 11.0 Å². The highest BCUT2D eigenvalue weighted by molar-refractivity contribution is 5.50. The Balaban J connectivity index is 2.05. The van der Waals surface area contributed by atoms with Crippen LogP contribution < -0.4 is 10.6 Å². The van der Waals surface area contributed by atoms with Crippen molar-refractivity contribution in [2.75, 3.05) is 38.6 Å². The topological polar surface area (TPSA) is 56.3 Å². The zero-order valence-corrected chi connectivity index (χ0v) is 11.8. The van der Waals surface area contributed by atoms with Gasteiger partial charge >= 0.3 is 0 Å². The minimum Gasteiger partial charge on any atom is -0.371 e. The average molecular weight is 258 g/mol. The zero-order valence-electron chi connectivity index (χ0n) is 11.8. The van der Waals surface area contributed by atoms with E-state index in [-0.39, 0.29) is 5.54 Å². The standard InChI is InChI=1S/C15H22N4/c1-18(2)15(12-17)7-9-19(10-8-15)14-5-3-13(11-16)4-6-14/h3-6H,7-10,12,17H2,1-2H3. The van der Waals surface area contributed by atoms with E-state index in [0.717, 1.165) is 25.9 Å². The van der Waals surface area contributed by atoms with Crippen molar-refractivity contribution in [2.24, 2.45) is 5.73 Å². The van der Waals surface area contributed by atoms with Crippen LogP contribution in [-0.2, 0) is 0 Å². The van der Waals surface area contributed by atoms with Gasteiger partial charge in [-0.3, -0.25) is 0 Å². The number of piperidine rings is 1. The minimum absolute atomic E-state index is 0.142. The molecule has 102 valence electrons. The monoisotopic (exact) mass is 258 g/mol. The Morgan fingerprint density at radius 2 is 1.84 bits per heavy atom. The number of hydrogen-bond acceptors (Lipinski definition) is 4. The molecule has 0 unspecified atom stereocenters. The summed E-state index contributed by atoms with van der Waals surface area (Å²) < 4.78 is 0. The first-order valence-electron chi connectivity index (χ1n) is 6.74. The molecule has 0 spiro atoms. The molecule has 4 nitrogen and oxygen atoms in total.